The average Bonchev–Trinajstić information content (AvgIpc) is 2.61. The van der Waals surface area contributed by atoms with Crippen LogP contribution in [-0.4, -0.2) is 36.1 Å². The Morgan fingerprint density at radius 1 is 1.73 bits per heavy atom. The maximum absolute atomic E-state index is 11.7. The minimum absolute atomic E-state index is 0.0106. The van der Waals surface area contributed by atoms with Gasteiger partial charge < -0.3 is 9.64 Å². The van der Waals surface area contributed by atoms with Crippen molar-refractivity contribution in [3.8, 4) is 0 Å². The molecule has 0 fully saturated rings. The van der Waals surface area contributed by atoms with Crippen molar-refractivity contribution in [1.29, 1.82) is 0 Å². The van der Waals surface area contributed by atoms with Crippen molar-refractivity contribution < 1.29 is 9.53 Å². The molecule has 84 valence electrons. The van der Waals surface area contributed by atoms with Crippen molar-refractivity contribution in [2.75, 3.05) is 14.2 Å². The molecule has 1 atom stereocenters. The summed E-state index contributed by atoms with van der Waals surface area (Å²) >= 11 is 1.61. The van der Waals surface area contributed by atoms with Gasteiger partial charge in [-0.05, 0) is 13.8 Å². The van der Waals surface area contributed by atoms with Gasteiger partial charge in [0.2, 0.25) is 0 Å². The molecule has 0 radical (unpaired) electrons. The van der Waals surface area contributed by atoms with Gasteiger partial charge in [-0.25, -0.2) is 4.98 Å². The normalized spacial score (nSPS) is 12.5. The molecule has 0 saturated carbocycles. The SMILES string of the molecule is COC(C)C(=O)N(C)Cc1cnc(C)s1. The molecular formula is C10H16N2O2S. The largest absolute Gasteiger partial charge is 0.372 e. The highest BCUT2D eigenvalue weighted by atomic mass is 32.1. The van der Waals surface area contributed by atoms with E-state index in [0.29, 0.717) is 6.54 Å². The van der Waals surface area contributed by atoms with Gasteiger partial charge in [-0.1, -0.05) is 0 Å². The number of aromatic nitrogens is 1. The van der Waals surface area contributed by atoms with Crippen molar-refractivity contribution in [3.63, 3.8) is 0 Å². The molecule has 4 nitrogen and oxygen atoms in total. The Morgan fingerprint density at radius 3 is 2.87 bits per heavy atom. The summed E-state index contributed by atoms with van der Waals surface area (Å²) in [6.45, 7) is 4.29. The van der Waals surface area contributed by atoms with Gasteiger partial charge in [-0.2, -0.15) is 0 Å². The molecule has 0 aliphatic rings. The molecule has 1 rings (SSSR count). The predicted molar refractivity (Wildman–Crippen MR) is 59.8 cm³/mol. The number of thiazole rings is 1. The highest BCUT2D eigenvalue weighted by Crippen LogP contribution is 2.13. The summed E-state index contributed by atoms with van der Waals surface area (Å²) in [5.41, 5.74) is 0. The van der Waals surface area contributed by atoms with E-state index in [1.165, 1.54) is 7.11 Å². The third kappa shape index (κ3) is 3.28. The van der Waals surface area contributed by atoms with E-state index in [1.54, 1.807) is 36.4 Å². The Balaban J connectivity index is 2.55. The second-order valence-corrected chi connectivity index (χ2v) is 4.74. The molecule has 0 aromatic carbocycles. The van der Waals surface area contributed by atoms with Crippen LogP contribution in [0, 0.1) is 6.92 Å². The lowest BCUT2D eigenvalue weighted by atomic mass is 10.3. The molecule has 0 spiro atoms. The van der Waals surface area contributed by atoms with E-state index in [0.717, 1.165) is 9.88 Å². The first-order valence-corrected chi connectivity index (χ1v) is 5.55. The van der Waals surface area contributed by atoms with E-state index >= 15 is 0 Å². The van der Waals surface area contributed by atoms with Crippen molar-refractivity contribution in [1.82, 2.24) is 9.88 Å². The van der Waals surface area contributed by atoms with Crippen LogP contribution < -0.4 is 0 Å². The Kier molecular flexibility index (Phi) is 4.23. The predicted octanol–water partition coefficient (Wildman–Crippen LogP) is 1.44. The van der Waals surface area contributed by atoms with E-state index < -0.39 is 0 Å². The Labute approximate surface area is 93.9 Å². The van der Waals surface area contributed by atoms with Gasteiger partial charge in [0, 0.05) is 25.2 Å². The number of amides is 1. The molecule has 1 aromatic rings. The summed E-state index contributed by atoms with van der Waals surface area (Å²) in [5.74, 6) is -0.0106. The molecule has 1 heterocycles. The molecule has 1 aromatic heterocycles. The van der Waals surface area contributed by atoms with Crippen molar-refractivity contribution in [3.05, 3.63) is 16.1 Å². The van der Waals surface area contributed by atoms with Crippen molar-refractivity contribution in [2.45, 2.75) is 26.5 Å². The third-order valence-electron chi connectivity index (χ3n) is 2.14. The minimum atomic E-state index is -0.385. The number of rotatable bonds is 4. The first-order valence-electron chi connectivity index (χ1n) is 4.73. The number of carbonyl (C=O) groups is 1. The highest BCUT2D eigenvalue weighted by molar-refractivity contribution is 7.11. The summed E-state index contributed by atoms with van der Waals surface area (Å²) in [6, 6.07) is 0. The fraction of sp³-hybridized carbons (Fsp3) is 0.600. The summed E-state index contributed by atoms with van der Waals surface area (Å²) in [7, 11) is 3.31. The van der Waals surface area contributed by atoms with E-state index in [1.807, 2.05) is 6.92 Å². The third-order valence-corrected chi connectivity index (χ3v) is 3.04. The number of carbonyl (C=O) groups excluding carboxylic acids is 1. The average molecular weight is 228 g/mol. The first-order chi connectivity index (χ1) is 7.04. The van der Waals surface area contributed by atoms with Gasteiger partial charge in [-0.15, -0.1) is 11.3 Å². The molecule has 15 heavy (non-hydrogen) atoms. The second-order valence-electron chi connectivity index (χ2n) is 3.42. The smallest absolute Gasteiger partial charge is 0.251 e. The number of ether oxygens (including phenoxy) is 1. The summed E-state index contributed by atoms with van der Waals surface area (Å²) in [4.78, 5) is 18.6. The summed E-state index contributed by atoms with van der Waals surface area (Å²) in [5, 5.41) is 1.02. The van der Waals surface area contributed by atoms with Gasteiger partial charge in [0.15, 0.2) is 0 Å². The van der Waals surface area contributed by atoms with Gasteiger partial charge in [0.25, 0.3) is 5.91 Å². The van der Waals surface area contributed by atoms with E-state index in [4.69, 9.17) is 4.74 Å². The van der Waals surface area contributed by atoms with Crippen LogP contribution in [0.25, 0.3) is 0 Å². The number of aryl methyl sites for hydroxylation is 1. The fourth-order valence-corrected chi connectivity index (χ4v) is 2.05. The Morgan fingerprint density at radius 2 is 2.40 bits per heavy atom. The van der Waals surface area contributed by atoms with Gasteiger partial charge >= 0.3 is 0 Å². The van der Waals surface area contributed by atoms with Gasteiger partial charge in [0.05, 0.1) is 11.6 Å². The Hall–Kier alpha value is -0.940. The standard InChI is InChI=1S/C10H16N2O2S/c1-7(14-4)10(13)12(3)6-9-5-11-8(2)15-9/h5,7H,6H2,1-4H3. The molecule has 1 amide bonds. The van der Waals surface area contributed by atoms with Crippen molar-refractivity contribution in [2.24, 2.45) is 0 Å². The molecule has 0 saturated heterocycles. The van der Waals surface area contributed by atoms with Crippen LogP contribution >= 0.6 is 11.3 Å². The number of hydrogen-bond acceptors (Lipinski definition) is 4. The summed E-state index contributed by atoms with van der Waals surface area (Å²) < 4.78 is 4.97. The second kappa shape index (κ2) is 5.23. The number of likely N-dealkylation sites (N-methyl/N-ethyl adjacent to an activating group) is 1. The molecule has 0 aliphatic heterocycles. The van der Waals surface area contributed by atoms with E-state index in [2.05, 4.69) is 4.98 Å². The fourth-order valence-electron chi connectivity index (χ4n) is 1.20. The molecule has 5 heteroatoms. The lowest BCUT2D eigenvalue weighted by Crippen LogP contribution is -2.35. The molecule has 0 aliphatic carbocycles. The van der Waals surface area contributed by atoms with Crippen LogP contribution in [0.1, 0.15) is 16.8 Å². The topological polar surface area (TPSA) is 42.4 Å². The van der Waals surface area contributed by atoms with Crippen LogP contribution in [-0.2, 0) is 16.1 Å². The highest BCUT2D eigenvalue weighted by Gasteiger charge is 2.17. The Bertz CT molecular complexity index is 338. The maximum Gasteiger partial charge on any atom is 0.251 e. The zero-order valence-electron chi connectivity index (χ0n) is 9.48. The van der Waals surface area contributed by atoms with Crippen LogP contribution in [0.5, 0.6) is 0 Å². The van der Waals surface area contributed by atoms with Gasteiger partial charge in [-0.3, -0.25) is 4.79 Å². The van der Waals surface area contributed by atoms with Crippen LogP contribution in [0.4, 0.5) is 0 Å². The van der Waals surface area contributed by atoms with E-state index in [9.17, 15) is 4.79 Å². The maximum atomic E-state index is 11.7. The number of hydrogen-bond donors (Lipinski definition) is 0. The lowest BCUT2D eigenvalue weighted by Gasteiger charge is -2.19. The van der Waals surface area contributed by atoms with E-state index in [-0.39, 0.29) is 12.0 Å². The minimum Gasteiger partial charge on any atom is -0.372 e. The van der Waals surface area contributed by atoms with Crippen LogP contribution in [0.2, 0.25) is 0 Å². The molecular weight excluding hydrogens is 212 g/mol. The zero-order chi connectivity index (χ0) is 11.4. The zero-order valence-corrected chi connectivity index (χ0v) is 10.3. The molecule has 0 bridgehead atoms. The van der Waals surface area contributed by atoms with Crippen LogP contribution in [0.3, 0.4) is 0 Å². The van der Waals surface area contributed by atoms with Crippen molar-refractivity contribution >= 4 is 17.2 Å². The number of methoxy groups -OCH3 is 1. The molecule has 0 N–H and O–H groups in total. The molecule has 1 unspecified atom stereocenters. The van der Waals surface area contributed by atoms with Gasteiger partial charge in [0.1, 0.15) is 6.10 Å². The summed E-state index contributed by atoms with van der Waals surface area (Å²) in [6.07, 6.45) is 1.42. The monoisotopic (exact) mass is 228 g/mol. The number of nitrogens with zero attached hydrogens (tertiary/aromatic N) is 2. The van der Waals surface area contributed by atoms with Crippen LogP contribution in [0.15, 0.2) is 6.20 Å². The quantitative estimate of drug-likeness (QED) is 0.783. The lowest BCUT2D eigenvalue weighted by molar-refractivity contribution is -0.140. The first kappa shape index (κ1) is 12.1.